The molecule has 1 N–H and O–H groups in total. The van der Waals surface area contributed by atoms with Crippen LogP contribution in [0.25, 0.3) is 0 Å². The van der Waals surface area contributed by atoms with Crippen molar-refractivity contribution in [3.8, 4) is 0 Å². The number of benzene rings is 1. The highest BCUT2D eigenvalue weighted by Crippen LogP contribution is 2.25. The molecule has 0 aromatic heterocycles. The second-order valence-corrected chi connectivity index (χ2v) is 4.05. The molecule has 0 saturated carbocycles. The van der Waals surface area contributed by atoms with Crippen LogP contribution in [0.15, 0.2) is 23.4 Å². The Kier molecular flexibility index (Phi) is 3.05. The topological polar surface area (TPSA) is 32.6 Å². The molecule has 2 rings (SSSR count). The van der Waals surface area contributed by atoms with E-state index in [0.29, 0.717) is 0 Å². The molecule has 0 spiro atoms. The molecule has 0 heterocycles. The lowest BCUT2D eigenvalue weighted by Gasteiger charge is -2.19. The summed E-state index contributed by atoms with van der Waals surface area (Å²) in [6.07, 6.45) is 5.63. The molecule has 0 atom stereocenters. The standard InChI is InChI=1S/C13H17NO/c1-2-13(14-15)12-9-5-7-10-6-3-4-8-11(10)12/h5,7,9,15H,2-4,6,8H2,1H3/b14-13+. The first-order valence-corrected chi connectivity index (χ1v) is 5.69. The normalized spacial score (nSPS) is 16.2. The fraction of sp³-hybridized carbons (Fsp3) is 0.462. The van der Waals surface area contributed by atoms with Gasteiger partial charge in [-0.3, -0.25) is 0 Å². The van der Waals surface area contributed by atoms with Crippen molar-refractivity contribution in [2.24, 2.45) is 5.16 Å². The van der Waals surface area contributed by atoms with E-state index in [1.807, 2.05) is 6.92 Å². The average Bonchev–Trinajstić information content (AvgIpc) is 2.31. The van der Waals surface area contributed by atoms with Crippen molar-refractivity contribution < 1.29 is 5.21 Å². The van der Waals surface area contributed by atoms with Crippen molar-refractivity contribution in [3.05, 3.63) is 34.9 Å². The van der Waals surface area contributed by atoms with Crippen LogP contribution in [0.4, 0.5) is 0 Å². The Hall–Kier alpha value is -1.31. The van der Waals surface area contributed by atoms with Crippen molar-refractivity contribution in [3.63, 3.8) is 0 Å². The van der Waals surface area contributed by atoms with Gasteiger partial charge in [0.15, 0.2) is 0 Å². The predicted molar refractivity (Wildman–Crippen MR) is 61.7 cm³/mol. The predicted octanol–water partition coefficient (Wildman–Crippen LogP) is 3.15. The van der Waals surface area contributed by atoms with E-state index in [1.165, 1.54) is 30.4 Å². The first-order chi connectivity index (χ1) is 7.36. The first-order valence-electron chi connectivity index (χ1n) is 5.69. The summed E-state index contributed by atoms with van der Waals surface area (Å²) in [4.78, 5) is 0. The van der Waals surface area contributed by atoms with Crippen LogP contribution >= 0.6 is 0 Å². The van der Waals surface area contributed by atoms with Gasteiger partial charge in [-0.05, 0) is 43.2 Å². The number of rotatable bonds is 2. The van der Waals surface area contributed by atoms with Crippen LogP contribution in [-0.4, -0.2) is 10.9 Å². The van der Waals surface area contributed by atoms with E-state index in [-0.39, 0.29) is 0 Å². The van der Waals surface area contributed by atoms with Gasteiger partial charge in [0.05, 0.1) is 5.71 Å². The zero-order valence-electron chi connectivity index (χ0n) is 9.16. The van der Waals surface area contributed by atoms with Crippen LogP contribution in [0.1, 0.15) is 42.9 Å². The molecular formula is C13H17NO. The van der Waals surface area contributed by atoms with E-state index < -0.39 is 0 Å². The van der Waals surface area contributed by atoms with Gasteiger partial charge in [-0.15, -0.1) is 0 Å². The fourth-order valence-corrected chi connectivity index (χ4v) is 2.37. The quantitative estimate of drug-likeness (QED) is 0.447. The van der Waals surface area contributed by atoms with Crippen LogP contribution in [0, 0.1) is 0 Å². The van der Waals surface area contributed by atoms with Crippen molar-refractivity contribution in [2.45, 2.75) is 39.0 Å². The molecule has 1 aliphatic rings. The van der Waals surface area contributed by atoms with Crippen LogP contribution in [-0.2, 0) is 12.8 Å². The highest BCUT2D eigenvalue weighted by atomic mass is 16.4. The second kappa shape index (κ2) is 4.47. The Bertz CT molecular complexity index is 382. The number of hydrogen-bond acceptors (Lipinski definition) is 2. The molecule has 2 heteroatoms. The molecule has 1 aliphatic carbocycles. The maximum Gasteiger partial charge on any atom is 0.0867 e. The lowest BCUT2D eigenvalue weighted by Crippen LogP contribution is -2.10. The molecule has 0 unspecified atom stereocenters. The minimum absolute atomic E-state index is 0.785. The lowest BCUT2D eigenvalue weighted by molar-refractivity contribution is 0.318. The molecule has 0 amide bonds. The van der Waals surface area contributed by atoms with Crippen LogP contribution in [0.5, 0.6) is 0 Å². The zero-order chi connectivity index (χ0) is 10.7. The first kappa shape index (κ1) is 10.2. The molecular weight excluding hydrogens is 186 g/mol. The Morgan fingerprint density at radius 2 is 2.13 bits per heavy atom. The SMILES string of the molecule is CC/C(=N\O)c1cccc2c1CCCC2. The van der Waals surface area contributed by atoms with Gasteiger partial charge < -0.3 is 5.21 Å². The molecule has 2 nitrogen and oxygen atoms in total. The largest absolute Gasteiger partial charge is 0.411 e. The van der Waals surface area contributed by atoms with Crippen LogP contribution < -0.4 is 0 Å². The van der Waals surface area contributed by atoms with Crippen molar-refractivity contribution in [1.82, 2.24) is 0 Å². The summed E-state index contributed by atoms with van der Waals surface area (Å²) in [6.45, 7) is 2.03. The molecule has 0 saturated heterocycles. The van der Waals surface area contributed by atoms with Crippen molar-refractivity contribution in [2.75, 3.05) is 0 Å². The van der Waals surface area contributed by atoms with Gasteiger partial charge in [-0.2, -0.15) is 0 Å². The Morgan fingerprint density at radius 3 is 2.87 bits per heavy atom. The smallest absolute Gasteiger partial charge is 0.0867 e. The lowest BCUT2D eigenvalue weighted by atomic mass is 9.86. The zero-order valence-corrected chi connectivity index (χ0v) is 9.16. The Balaban J connectivity index is 2.47. The summed E-state index contributed by atoms with van der Waals surface area (Å²) in [5.41, 5.74) is 4.80. The summed E-state index contributed by atoms with van der Waals surface area (Å²) in [5, 5.41) is 12.4. The maximum absolute atomic E-state index is 8.97. The van der Waals surface area contributed by atoms with Gasteiger partial charge in [0.1, 0.15) is 0 Å². The number of hydrogen-bond donors (Lipinski definition) is 1. The third-order valence-electron chi connectivity index (χ3n) is 3.16. The van der Waals surface area contributed by atoms with Gasteiger partial charge >= 0.3 is 0 Å². The van der Waals surface area contributed by atoms with E-state index in [4.69, 9.17) is 5.21 Å². The molecule has 1 aromatic rings. The Labute approximate surface area is 90.6 Å². The Morgan fingerprint density at radius 1 is 1.33 bits per heavy atom. The molecule has 0 radical (unpaired) electrons. The number of nitrogens with zero attached hydrogens (tertiary/aromatic N) is 1. The summed E-state index contributed by atoms with van der Waals surface area (Å²) in [6, 6.07) is 6.34. The highest BCUT2D eigenvalue weighted by Gasteiger charge is 2.15. The number of oxime groups is 1. The van der Waals surface area contributed by atoms with Gasteiger partial charge in [-0.25, -0.2) is 0 Å². The summed E-state index contributed by atoms with van der Waals surface area (Å²) >= 11 is 0. The van der Waals surface area contributed by atoms with E-state index in [9.17, 15) is 0 Å². The minimum atomic E-state index is 0.785. The molecule has 0 fully saturated rings. The molecule has 80 valence electrons. The van der Waals surface area contributed by atoms with Gasteiger partial charge in [0.25, 0.3) is 0 Å². The van der Waals surface area contributed by atoms with Crippen LogP contribution in [0.2, 0.25) is 0 Å². The van der Waals surface area contributed by atoms with Gasteiger partial charge in [0, 0.05) is 5.56 Å². The van der Waals surface area contributed by atoms with E-state index in [0.717, 1.165) is 24.1 Å². The van der Waals surface area contributed by atoms with Crippen LogP contribution in [0.3, 0.4) is 0 Å². The molecule has 0 aliphatic heterocycles. The third-order valence-corrected chi connectivity index (χ3v) is 3.16. The van der Waals surface area contributed by atoms with Gasteiger partial charge in [-0.1, -0.05) is 30.3 Å². The molecule has 0 bridgehead atoms. The van der Waals surface area contributed by atoms with E-state index >= 15 is 0 Å². The average molecular weight is 203 g/mol. The van der Waals surface area contributed by atoms with Gasteiger partial charge in [0.2, 0.25) is 0 Å². The summed E-state index contributed by atoms with van der Waals surface area (Å²) in [7, 11) is 0. The van der Waals surface area contributed by atoms with E-state index in [2.05, 4.69) is 23.4 Å². The highest BCUT2D eigenvalue weighted by molar-refractivity contribution is 6.01. The monoisotopic (exact) mass is 203 g/mol. The molecule has 1 aromatic carbocycles. The summed E-state index contributed by atoms with van der Waals surface area (Å²) in [5.74, 6) is 0. The number of aryl methyl sites for hydroxylation is 1. The summed E-state index contributed by atoms with van der Waals surface area (Å²) < 4.78 is 0. The second-order valence-electron chi connectivity index (χ2n) is 4.05. The minimum Gasteiger partial charge on any atom is -0.411 e. The van der Waals surface area contributed by atoms with Crippen molar-refractivity contribution in [1.29, 1.82) is 0 Å². The van der Waals surface area contributed by atoms with E-state index in [1.54, 1.807) is 0 Å². The molecule has 15 heavy (non-hydrogen) atoms. The number of fused-ring (bicyclic) bond motifs is 1. The van der Waals surface area contributed by atoms with Crippen molar-refractivity contribution >= 4 is 5.71 Å². The fourth-order valence-electron chi connectivity index (χ4n) is 2.37. The maximum atomic E-state index is 8.97. The third kappa shape index (κ3) is 1.89.